The van der Waals surface area contributed by atoms with Gasteiger partial charge in [-0.05, 0) is 65.8 Å². The Labute approximate surface area is 179 Å². The van der Waals surface area contributed by atoms with Gasteiger partial charge in [0.1, 0.15) is 17.4 Å². The molecule has 1 N–H and O–H groups in total. The number of carbonyl (C=O) groups is 1. The van der Waals surface area contributed by atoms with Gasteiger partial charge in [0.15, 0.2) is 0 Å². The maximum Gasteiger partial charge on any atom is 0.573 e. The van der Waals surface area contributed by atoms with E-state index in [1.54, 1.807) is 0 Å². The predicted molar refractivity (Wildman–Crippen MR) is 104 cm³/mol. The zero-order chi connectivity index (χ0) is 23.0. The summed E-state index contributed by atoms with van der Waals surface area (Å²) in [6.45, 7) is 0. The van der Waals surface area contributed by atoms with Crippen molar-refractivity contribution >= 4 is 5.97 Å². The van der Waals surface area contributed by atoms with Gasteiger partial charge in [0.25, 0.3) is 0 Å². The molecule has 0 saturated heterocycles. The van der Waals surface area contributed by atoms with Gasteiger partial charge in [0.05, 0.1) is 11.3 Å². The van der Waals surface area contributed by atoms with Crippen LogP contribution in [0.15, 0.2) is 48.7 Å². The SMILES string of the molecule is O=C(O)c1cc(C2CC2)cnc1Cc1c(F)cc(-c2cccc(OC(F)(F)F)c2)cc1F. The molecule has 0 amide bonds. The Morgan fingerprint density at radius 1 is 1.06 bits per heavy atom. The molecule has 9 heteroatoms. The van der Waals surface area contributed by atoms with Crippen molar-refractivity contribution in [2.45, 2.75) is 31.5 Å². The number of ether oxygens (including phenoxy) is 1. The van der Waals surface area contributed by atoms with Crippen molar-refractivity contribution in [1.29, 1.82) is 0 Å². The molecule has 166 valence electrons. The molecule has 0 bridgehead atoms. The van der Waals surface area contributed by atoms with E-state index in [0.717, 1.165) is 42.7 Å². The van der Waals surface area contributed by atoms with Crippen LogP contribution in [-0.4, -0.2) is 22.4 Å². The number of aromatic nitrogens is 1. The van der Waals surface area contributed by atoms with Crippen LogP contribution in [0.2, 0.25) is 0 Å². The minimum Gasteiger partial charge on any atom is -0.478 e. The number of carboxylic acid groups (broad SMARTS) is 1. The molecule has 1 fully saturated rings. The van der Waals surface area contributed by atoms with E-state index in [0.29, 0.717) is 0 Å². The Bertz CT molecular complexity index is 1170. The molecule has 1 heterocycles. The fraction of sp³-hybridized carbons (Fsp3) is 0.217. The largest absolute Gasteiger partial charge is 0.573 e. The minimum absolute atomic E-state index is 0.00636. The second kappa shape index (κ2) is 8.22. The molecule has 1 aromatic heterocycles. The van der Waals surface area contributed by atoms with E-state index in [9.17, 15) is 31.9 Å². The highest BCUT2D eigenvalue weighted by atomic mass is 19.4. The van der Waals surface area contributed by atoms with Crippen LogP contribution in [0.4, 0.5) is 22.0 Å². The van der Waals surface area contributed by atoms with E-state index in [2.05, 4.69) is 9.72 Å². The van der Waals surface area contributed by atoms with Gasteiger partial charge < -0.3 is 9.84 Å². The van der Waals surface area contributed by atoms with Gasteiger partial charge in [-0.2, -0.15) is 0 Å². The normalized spacial score (nSPS) is 13.8. The Hall–Kier alpha value is -3.49. The Kier molecular flexibility index (Phi) is 5.58. The number of benzene rings is 2. The van der Waals surface area contributed by atoms with Crippen molar-refractivity contribution < 1.29 is 36.6 Å². The summed E-state index contributed by atoms with van der Waals surface area (Å²) in [5, 5.41) is 9.49. The van der Waals surface area contributed by atoms with Crippen LogP contribution in [0.1, 0.15) is 45.9 Å². The molecule has 3 aromatic rings. The summed E-state index contributed by atoms with van der Waals surface area (Å²) in [4.78, 5) is 15.8. The Balaban J connectivity index is 1.65. The summed E-state index contributed by atoms with van der Waals surface area (Å²) in [6, 6.07) is 8.18. The Morgan fingerprint density at radius 2 is 1.75 bits per heavy atom. The number of hydrogen-bond donors (Lipinski definition) is 1. The molecule has 0 atom stereocenters. The molecular formula is C23H16F5NO3. The number of rotatable bonds is 6. The summed E-state index contributed by atoms with van der Waals surface area (Å²) < 4.78 is 70.7. The first-order chi connectivity index (χ1) is 15.1. The highest BCUT2D eigenvalue weighted by Gasteiger charge is 2.31. The number of pyridine rings is 1. The smallest absolute Gasteiger partial charge is 0.478 e. The van der Waals surface area contributed by atoms with Gasteiger partial charge in [-0.25, -0.2) is 13.6 Å². The number of hydrogen-bond acceptors (Lipinski definition) is 3. The van der Waals surface area contributed by atoms with E-state index in [-0.39, 0.29) is 40.3 Å². The highest BCUT2D eigenvalue weighted by Crippen LogP contribution is 2.40. The summed E-state index contributed by atoms with van der Waals surface area (Å²) in [6.07, 6.45) is -1.87. The van der Waals surface area contributed by atoms with Gasteiger partial charge in [0, 0.05) is 18.2 Å². The van der Waals surface area contributed by atoms with Gasteiger partial charge in [-0.1, -0.05) is 12.1 Å². The van der Waals surface area contributed by atoms with E-state index < -0.39 is 29.7 Å². The summed E-state index contributed by atoms with van der Waals surface area (Å²) >= 11 is 0. The Morgan fingerprint density at radius 3 is 2.34 bits per heavy atom. The fourth-order valence-corrected chi connectivity index (χ4v) is 3.45. The molecule has 0 spiro atoms. The van der Waals surface area contributed by atoms with Crippen molar-refractivity contribution in [1.82, 2.24) is 4.98 Å². The molecule has 2 aromatic carbocycles. The molecule has 0 unspecified atom stereocenters. The first kappa shape index (κ1) is 21.7. The quantitative estimate of drug-likeness (QED) is 0.463. The number of carboxylic acids is 1. The van der Waals surface area contributed by atoms with Crippen molar-refractivity contribution in [3.05, 3.63) is 82.7 Å². The lowest BCUT2D eigenvalue weighted by Gasteiger charge is -2.12. The maximum atomic E-state index is 14.8. The summed E-state index contributed by atoms with van der Waals surface area (Å²) in [5.41, 5.74) is 0.428. The van der Waals surface area contributed by atoms with Gasteiger partial charge in [-0.15, -0.1) is 13.2 Å². The number of nitrogens with zero attached hydrogens (tertiary/aromatic N) is 1. The average Bonchev–Trinajstić information content (AvgIpc) is 3.55. The third kappa shape index (κ3) is 4.87. The zero-order valence-corrected chi connectivity index (χ0v) is 16.4. The zero-order valence-electron chi connectivity index (χ0n) is 16.4. The topological polar surface area (TPSA) is 59.4 Å². The van der Waals surface area contributed by atoms with E-state index >= 15 is 0 Å². The van der Waals surface area contributed by atoms with E-state index in [4.69, 9.17) is 0 Å². The van der Waals surface area contributed by atoms with Crippen molar-refractivity contribution in [3.63, 3.8) is 0 Å². The van der Waals surface area contributed by atoms with E-state index in [1.165, 1.54) is 24.4 Å². The monoisotopic (exact) mass is 449 g/mol. The van der Waals surface area contributed by atoms with Gasteiger partial charge in [0.2, 0.25) is 0 Å². The lowest BCUT2D eigenvalue weighted by molar-refractivity contribution is -0.274. The van der Waals surface area contributed by atoms with Crippen LogP contribution in [0.3, 0.4) is 0 Å². The lowest BCUT2D eigenvalue weighted by Crippen LogP contribution is -2.17. The third-order valence-electron chi connectivity index (χ3n) is 5.16. The summed E-state index contributed by atoms with van der Waals surface area (Å²) in [5.74, 6) is -3.43. The van der Waals surface area contributed by atoms with Crippen molar-refractivity contribution in [2.24, 2.45) is 0 Å². The number of aromatic carboxylic acids is 1. The van der Waals surface area contributed by atoms with Crippen molar-refractivity contribution in [2.75, 3.05) is 0 Å². The second-order valence-corrected chi connectivity index (χ2v) is 7.51. The maximum absolute atomic E-state index is 14.8. The molecule has 32 heavy (non-hydrogen) atoms. The second-order valence-electron chi connectivity index (χ2n) is 7.51. The van der Waals surface area contributed by atoms with Crippen LogP contribution in [0.25, 0.3) is 11.1 Å². The average molecular weight is 449 g/mol. The van der Waals surface area contributed by atoms with Crippen molar-refractivity contribution in [3.8, 4) is 16.9 Å². The first-order valence-corrected chi connectivity index (χ1v) is 9.67. The standard InChI is InChI=1S/C23H16F5NO3/c24-19-8-14(13-2-1-3-16(6-13)32-23(26,27)28)9-20(25)17(19)10-21-18(22(30)31)7-15(11-29-21)12-4-5-12/h1-3,6-9,11-12H,4-5,10H2,(H,30,31). The summed E-state index contributed by atoms with van der Waals surface area (Å²) in [7, 11) is 0. The fourth-order valence-electron chi connectivity index (χ4n) is 3.45. The molecule has 1 saturated carbocycles. The molecule has 1 aliphatic carbocycles. The number of halogens is 5. The third-order valence-corrected chi connectivity index (χ3v) is 5.16. The minimum atomic E-state index is -4.90. The van der Waals surface area contributed by atoms with Crippen LogP contribution in [0, 0.1) is 11.6 Å². The molecule has 4 nitrogen and oxygen atoms in total. The van der Waals surface area contributed by atoms with Crippen LogP contribution < -0.4 is 4.74 Å². The van der Waals surface area contributed by atoms with Crippen LogP contribution in [0.5, 0.6) is 5.75 Å². The molecular weight excluding hydrogens is 433 g/mol. The molecule has 0 radical (unpaired) electrons. The number of alkyl halides is 3. The molecule has 4 rings (SSSR count). The highest BCUT2D eigenvalue weighted by molar-refractivity contribution is 5.89. The predicted octanol–water partition coefficient (Wildman–Crippen LogP) is 6.09. The first-order valence-electron chi connectivity index (χ1n) is 9.67. The lowest BCUT2D eigenvalue weighted by atomic mass is 9.98. The van der Waals surface area contributed by atoms with Gasteiger partial charge in [-0.3, -0.25) is 4.98 Å². The molecule has 1 aliphatic rings. The molecule has 0 aliphatic heterocycles. The van der Waals surface area contributed by atoms with Crippen LogP contribution >= 0.6 is 0 Å². The van der Waals surface area contributed by atoms with Gasteiger partial charge >= 0.3 is 12.3 Å². The van der Waals surface area contributed by atoms with E-state index in [1.807, 2.05) is 0 Å². The van der Waals surface area contributed by atoms with Crippen LogP contribution in [-0.2, 0) is 6.42 Å².